The van der Waals surface area contributed by atoms with E-state index < -0.39 is 0 Å². The van der Waals surface area contributed by atoms with Crippen molar-refractivity contribution in [2.75, 3.05) is 5.43 Å². The van der Waals surface area contributed by atoms with Gasteiger partial charge in [-0.05, 0) is 23.8 Å². The molecule has 0 bridgehead atoms. The van der Waals surface area contributed by atoms with Gasteiger partial charge in [0.25, 0.3) is 0 Å². The van der Waals surface area contributed by atoms with Crippen LogP contribution >= 0.6 is 11.3 Å². The molecule has 0 spiro atoms. The van der Waals surface area contributed by atoms with Crippen molar-refractivity contribution < 1.29 is 4.39 Å². The van der Waals surface area contributed by atoms with Crippen molar-refractivity contribution in [2.45, 2.75) is 6.54 Å². The molecular weight excluding hydrogens is 337 g/mol. The fourth-order valence-corrected chi connectivity index (χ4v) is 3.11. The number of hydrogen-bond acceptors (Lipinski definition) is 5. The van der Waals surface area contributed by atoms with Gasteiger partial charge in [-0.3, -0.25) is 5.43 Å². The Balaban J connectivity index is 1.65. The van der Waals surface area contributed by atoms with Gasteiger partial charge in [0.1, 0.15) is 11.3 Å². The van der Waals surface area contributed by atoms with Crippen LogP contribution in [-0.2, 0) is 6.54 Å². The smallest absolute Gasteiger partial charge is 0.225 e. The van der Waals surface area contributed by atoms with Gasteiger partial charge in [0.15, 0.2) is 0 Å². The summed E-state index contributed by atoms with van der Waals surface area (Å²) in [5.41, 5.74) is 7.46. The molecule has 7 heteroatoms. The molecular formula is C18H14FN5S. The molecule has 25 heavy (non-hydrogen) atoms. The van der Waals surface area contributed by atoms with Crippen LogP contribution in [0.2, 0.25) is 0 Å². The van der Waals surface area contributed by atoms with Gasteiger partial charge in [0.2, 0.25) is 5.13 Å². The molecule has 1 N–H and O–H groups in total. The average Bonchev–Trinajstić information content (AvgIpc) is 3.24. The van der Waals surface area contributed by atoms with Crippen molar-refractivity contribution in [3.8, 4) is 0 Å². The third-order valence-electron chi connectivity index (χ3n) is 3.79. The molecule has 0 radical (unpaired) electrons. The first-order valence-corrected chi connectivity index (χ1v) is 8.55. The zero-order valence-corrected chi connectivity index (χ0v) is 13.9. The first-order chi connectivity index (χ1) is 12.3. The number of benzene rings is 2. The van der Waals surface area contributed by atoms with Crippen LogP contribution in [0.4, 0.5) is 9.52 Å². The van der Waals surface area contributed by atoms with Gasteiger partial charge in [-0.25, -0.2) is 4.39 Å². The Kier molecular flexibility index (Phi) is 4.22. The molecule has 0 aliphatic rings. The quantitative estimate of drug-likeness (QED) is 0.434. The third-order valence-corrected chi connectivity index (χ3v) is 4.38. The van der Waals surface area contributed by atoms with Gasteiger partial charge in [0.05, 0.1) is 6.21 Å². The highest BCUT2D eigenvalue weighted by molar-refractivity contribution is 7.13. The normalized spacial score (nSPS) is 11.4. The average molecular weight is 351 g/mol. The van der Waals surface area contributed by atoms with Gasteiger partial charge < -0.3 is 4.57 Å². The zero-order valence-electron chi connectivity index (χ0n) is 13.1. The molecule has 0 atom stereocenters. The SMILES string of the molecule is Fc1cccc(Cn2cc(/C=N/Nc3nncs3)c3ccccc32)c1. The van der Waals surface area contributed by atoms with Crippen LogP contribution in [0.1, 0.15) is 11.1 Å². The Morgan fingerprint density at radius 3 is 2.96 bits per heavy atom. The number of fused-ring (bicyclic) bond motifs is 1. The molecule has 0 fully saturated rings. The molecule has 2 heterocycles. The minimum absolute atomic E-state index is 0.225. The number of para-hydroxylation sites is 1. The minimum atomic E-state index is -0.225. The van der Waals surface area contributed by atoms with E-state index in [1.165, 1.54) is 17.4 Å². The van der Waals surface area contributed by atoms with Gasteiger partial charge in [-0.15, -0.1) is 10.2 Å². The summed E-state index contributed by atoms with van der Waals surface area (Å²) in [5, 5.41) is 13.6. The van der Waals surface area contributed by atoms with E-state index in [4.69, 9.17) is 0 Å². The Morgan fingerprint density at radius 1 is 1.20 bits per heavy atom. The Labute approximate surface area is 147 Å². The van der Waals surface area contributed by atoms with Crippen LogP contribution < -0.4 is 5.43 Å². The maximum atomic E-state index is 13.4. The van der Waals surface area contributed by atoms with Crippen molar-refractivity contribution in [3.63, 3.8) is 0 Å². The minimum Gasteiger partial charge on any atom is -0.342 e. The molecule has 0 saturated carbocycles. The fraction of sp³-hybridized carbons (Fsp3) is 0.0556. The number of nitrogens with one attached hydrogen (secondary N) is 1. The first kappa shape index (κ1) is 15.5. The Hall–Kier alpha value is -3.06. The van der Waals surface area contributed by atoms with Crippen molar-refractivity contribution in [2.24, 2.45) is 5.10 Å². The lowest BCUT2D eigenvalue weighted by Gasteiger charge is -2.05. The van der Waals surface area contributed by atoms with E-state index in [1.54, 1.807) is 23.9 Å². The van der Waals surface area contributed by atoms with E-state index in [1.807, 2.05) is 36.5 Å². The van der Waals surface area contributed by atoms with E-state index in [0.717, 1.165) is 22.0 Å². The van der Waals surface area contributed by atoms with Gasteiger partial charge in [0, 0.05) is 29.2 Å². The van der Waals surface area contributed by atoms with Gasteiger partial charge in [-0.2, -0.15) is 5.10 Å². The summed E-state index contributed by atoms with van der Waals surface area (Å²) in [5.74, 6) is -0.225. The maximum Gasteiger partial charge on any atom is 0.225 e. The van der Waals surface area contributed by atoms with Crippen molar-refractivity contribution in [1.82, 2.24) is 14.8 Å². The lowest BCUT2D eigenvalue weighted by atomic mass is 10.2. The van der Waals surface area contributed by atoms with Crippen LogP contribution in [0.15, 0.2) is 65.3 Å². The predicted octanol–water partition coefficient (Wildman–Crippen LogP) is 4.13. The van der Waals surface area contributed by atoms with Gasteiger partial charge in [-0.1, -0.05) is 41.7 Å². The summed E-state index contributed by atoms with van der Waals surface area (Å²) in [6.45, 7) is 0.593. The molecule has 0 aliphatic carbocycles. The molecule has 124 valence electrons. The highest BCUT2D eigenvalue weighted by Crippen LogP contribution is 2.21. The lowest BCUT2D eigenvalue weighted by molar-refractivity contribution is 0.624. The van der Waals surface area contributed by atoms with Crippen LogP contribution in [-0.4, -0.2) is 21.0 Å². The second kappa shape index (κ2) is 6.82. The van der Waals surface area contributed by atoms with Crippen LogP contribution in [0.25, 0.3) is 10.9 Å². The highest BCUT2D eigenvalue weighted by Gasteiger charge is 2.07. The largest absolute Gasteiger partial charge is 0.342 e. The second-order valence-electron chi connectivity index (χ2n) is 5.47. The predicted molar refractivity (Wildman–Crippen MR) is 98.6 cm³/mol. The number of hydrogen-bond donors (Lipinski definition) is 1. The van der Waals surface area contributed by atoms with E-state index in [-0.39, 0.29) is 5.82 Å². The van der Waals surface area contributed by atoms with E-state index in [0.29, 0.717) is 11.7 Å². The van der Waals surface area contributed by atoms with E-state index in [2.05, 4.69) is 25.3 Å². The highest BCUT2D eigenvalue weighted by atomic mass is 32.1. The molecule has 5 nitrogen and oxygen atoms in total. The maximum absolute atomic E-state index is 13.4. The third kappa shape index (κ3) is 3.41. The summed E-state index contributed by atoms with van der Waals surface area (Å²) in [4.78, 5) is 0. The lowest BCUT2D eigenvalue weighted by Crippen LogP contribution is -1.98. The second-order valence-corrected chi connectivity index (χ2v) is 6.31. The van der Waals surface area contributed by atoms with E-state index >= 15 is 0 Å². The monoisotopic (exact) mass is 351 g/mol. The Bertz CT molecular complexity index is 1020. The summed E-state index contributed by atoms with van der Waals surface area (Å²) in [6.07, 6.45) is 3.77. The van der Waals surface area contributed by atoms with Gasteiger partial charge >= 0.3 is 0 Å². The summed E-state index contributed by atoms with van der Waals surface area (Å²) in [7, 11) is 0. The van der Waals surface area contributed by atoms with Crippen LogP contribution in [0, 0.1) is 5.82 Å². The molecule has 0 aliphatic heterocycles. The number of rotatable bonds is 5. The standard InChI is InChI=1S/C18H14FN5S/c19-15-5-3-4-13(8-15)10-24-11-14(16-6-1-2-7-17(16)24)9-20-22-18-23-21-12-25-18/h1-9,11-12H,10H2,(H,22,23)/b20-9+. The van der Waals surface area contributed by atoms with Crippen molar-refractivity contribution in [1.29, 1.82) is 0 Å². The first-order valence-electron chi connectivity index (χ1n) is 7.67. The number of halogens is 1. The molecule has 4 aromatic rings. The molecule has 2 aromatic heterocycles. The topological polar surface area (TPSA) is 55.1 Å². The number of nitrogens with zero attached hydrogens (tertiary/aromatic N) is 4. The summed E-state index contributed by atoms with van der Waals surface area (Å²) in [6, 6.07) is 14.7. The summed E-state index contributed by atoms with van der Waals surface area (Å²) >= 11 is 1.38. The fourth-order valence-electron chi connectivity index (χ4n) is 2.72. The van der Waals surface area contributed by atoms with Crippen LogP contribution in [0.3, 0.4) is 0 Å². The molecule has 0 amide bonds. The van der Waals surface area contributed by atoms with Crippen LogP contribution in [0.5, 0.6) is 0 Å². The molecule has 4 rings (SSSR count). The molecule has 2 aromatic carbocycles. The zero-order chi connectivity index (χ0) is 17.1. The Morgan fingerprint density at radius 2 is 2.12 bits per heavy atom. The number of anilines is 1. The molecule has 0 saturated heterocycles. The summed E-state index contributed by atoms with van der Waals surface area (Å²) < 4.78 is 15.5. The van der Waals surface area contributed by atoms with E-state index in [9.17, 15) is 4.39 Å². The number of aromatic nitrogens is 3. The number of hydrazone groups is 1. The molecule has 0 unspecified atom stereocenters. The van der Waals surface area contributed by atoms with Crippen molar-refractivity contribution in [3.05, 3.63) is 77.2 Å². The van der Waals surface area contributed by atoms with Crippen molar-refractivity contribution >= 4 is 33.6 Å².